The largest absolute Gasteiger partial charge is 0.385 e. The first kappa shape index (κ1) is 27.0. The SMILES string of the molecule is N[C@@H](Cc1ccc(Cl)c(Cl)c1)C(=O)N1CCN(Cc2ccccc2)CCCNc2ccc(Br)cc2C1. The zero-order valence-corrected chi connectivity index (χ0v) is 23.2. The maximum absolute atomic E-state index is 13.7. The quantitative estimate of drug-likeness (QED) is 0.385. The molecule has 4 rings (SSSR count). The third kappa shape index (κ3) is 7.46. The predicted octanol–water partition coefficient (Wildman–Crippen LogP) is 5.97. The fourth-order valence-electron chi connectivity index (χ4n) is 4.48. The molecule has 0 aromatic heterocycles. The summed E-state index contributed by atoms with van der Waals surface area (Å²) in [7, 11) is 0. The first-order chi connectivity index (χ1) is 17.4. The summed E-state index contributed by atoms with van der Waals surface area (Å²) in [5, 5.41) is 4.52. The zero-order chi connectivity index (χ0) is 25.5. The van der Waals surface area contributed by atoms with Crippen LogP contribution in [0.5, 0.6) is 0 Å². The van der Waals surface area contributed by atoms with Crippen molar-refractivity contribution in [1.29, 1.82) is 0 Å². The molecule has 0 spiro atoms. The lowest BCUT2D eigenvalue weighted by Gasteiger charge is -2.30. The molecule has 36 heavy (non-hydrogen) atoms. The molecule has 1 aliphatic rings. The Hall–Kier alpha value is -2.09. The number of hydrogen-bond donors (Lipinski definition) is 2. The fraction of sp³-hybridized carbons (Fsp3) is 0.321. The van der Waals surface area contributed by atoms with Gasteiger partial charge in [0, 0.05) is 49.4 Å². The number of nitrogens with two attached hydrogens (primary N) is 1. The van der Waals surface area contributed by atoms with Crippen LogP contribution in [0.1, 0.15) is 23.1 Å². The van der Waals surface area contributed by atoms with Gasteiger partial charge in [-0.15, -0.1) is 0 Å². The average molecular weight is 590 g/mol. The lowest BCUT2D eigenvalue weighted by molar-refractivity contribution is -0.133. The molecular weight excluding hydrogens is 559 g/mol. The Labute approximate surface area is 231 Å². The Morgan fingerprint density at radius 3 is 2.56 bits per heavy atom. The lowest BCUT2D eigenvalue weighted by atomic mass is 10.0. The molecule has 0 aliphatic carbocycles. The molecule has 0 unspecified atom stereocenters. The van der Waals surface area contributed by atoms with Crippen LogP contribution in [0, 0.1) is 0 Å². The van der Waals surface area contributed by atoms with Crippen molar-refractivity contribution in [2.75, 3.05) is 31.5 Å². The van der Waals surface area contributed by atoms with Gasteiger partial charge in [0.2, 0.25) is 5.91 Å². The first-order valence-corrected chi connectivity index (χ1v) is 13.7. The molecule has 1 heterocycles. The van der Waals surface area contributed by atoms with Crippen LogP contribution < -0.4 is 11.1 Å². The van der Waals surface area contributed by atoms with Gasteiger partial charge in [0.25, 0.3) is 0 Å². The summed E-state index contributed by atoms with van der Waals surface area (Å²) >= 11 is 15.8. The molecule has 8 heteroatoms. The third-order valence-electron chi connectivity index (χ3n) is 6.40. The topological polar surface area (TPSA) is 61.6 Å². The molecule has 0 saturated heterocycles. The normalized spacial score (nSPS) is 15.9. The lowest BCUT2D eigenvalue weighted by Crippen LogP contribution is -2.47. The van der Waals surface area contributed by atoms with Gasteiger partial charge in [0.1, 0.15) is 0 Å². The number of fused-ring (bicyclic) bond motifs is 1. The van der Waals surface area contributed by atoms with Crippen molar-refractivity contribution in [2.24, 2.45) is 5.73 Å². The Balaban J connectivity index is 1.55. The minimum Gasteiger partial charge on any atom is -0.385 e. The van der Waals surface area contributed by atoms with Gasteiger partial charge in [0.05, 0.1) is 16.1 Å². The number of hydrogen-bond acceptors (Lipinski definition) is 4. The molecule has 3 aromatic carbocycles. The van der Waals surface area contributed by atoms with E-state index in [9.17, 15) is 4.79 Å². The van der Waals surface area contributed by atoms with Crippen LogP contribution in [-0.4, -0.2) is 47.9 Å². The number of carbonyl (C=O) groups excluding carboxylic acids is 1. The molecule has 0 bridgehead atoms. The van der Waals surface area contributed by atoms with Gasteiger partial charge in [-0.2, -0.15) is 0 Å². The Kier molecular flexibility index (Phi) is 9.68. The predicted molar refractivity (Wildman–Crippen MR) is 153 cm³/mol. The van der Waals surface area contributed by atoms with E-state index in [1.807, 2.05) is 23.1 Å². The molecule has 1 atom stereocenters. The van der Waals surface area contributed by atoms with Crippen LogP contribution in [-0.2, 0) is 24.3 Å². The van der Waals surface area contributed by atoms with Crippen LogP contribution in [0.15, 0.2) is 71.2 Å². The monoisotopic (exact) mass is 588 g/mol. The summed E-state index contributed by atoms with van der Waals surface area (Å²) in [6.45, 7) is 4.48. The number of amides is 1. The van der Waals surface area contributed by atoms with Crippen molar-refractivity contribution in [1.82, 2.24) is 9.80 Å². The van der Waals surface area contributed by atoms with Gasteiger partial charge in [0.15, 0.2) is 0 Å². The van der Waals surface area contributed by atoms with Crippen molar-refractivity contribution in [3.63, 3.8) is 0 Å². The molecule has 0 fully saturated rings. The summed E-state index contributed by atoms with van der Waals surface area (Å²) in [6.07, 6.45) is 1.40. The summed E-state index contributed by atoms with van der Waals surface area (Å²) in [6, 6.07) is 21.3. The highest BCUT2D eigenvalue weighted by molar-refractivity contribution is 9.10. The highest BCUT2D eigenvalue weighted by Crippen LogP contribution is 2.25. The minimum absolute atomic E-state index is 0.0779. The van der Waals surface area contributed by atoms with Gasteiger partial charge in [-0.05, 0) is 59.9 Å². The van der Waals surface area contributed by atoms with Crippen LogP contribution in [0.4, 0.5) is 5.69 Å². The van der Waals surface area contributed by atoms with E-state index in [2.05, 4.69) is 62.5 Å². The summed E-state index contributed by atoms with van der Waals surface area (Å²) in [4.78, 5) is 18.0. The van der Waals surface area contributed by atoms with Gasteiger partial charge < -0.3 is 16.0 Å². The van der Waals surface area contributed by atoms with Crippen LogP contribution >= 0.6 is 39.1 Å². The van der Waals surface area contributed by atoms with Crippen molar-refractivity contribution in [2.45, 2.75) is 32.0 Å². The average Bonchev–Trinajstić information content (AvgIpc) is 2.90. The van der Waals surface area contributed by atoms with E-state index in [4.69, 9.17) is 28.9 Å². The van der Waals surface area contributed by atoms with Crippen molar-refractivity contribution in [3.8, 4) is 0 Å². The molecule has 1 amide bonds. The molecule has 190 valence electrons. The second-order valence-electron chi connectivity index (χ2n) is 9.16. The van der Waals surface area contributed by atoms with Crippen molar-refractivity contribution >= 4 is 50.7 Å². The van der Waals surface area contributed by atoms with Crippen LogP contribution in [0.2, 0.25) is 10.0 Å². The molecule has 0 radical (unpaired) electrons. The molecule has 3 aromatic rings. The zero-order valence-electron chi connectivity index (χ0n) is 20.1. The van der Waals surface area contributed by atoms with Gasteiger partial charge in [-0.3, -0.25) is 9.69 Å². The highest BCUT2D eigenvalue weighted by Gasteiger charge is 2.24. The minimum atomic E-state index is -0.682. The fourth-order valence-corrected chi connectivity index (χ4v) is 5.21. The van der Waals surface area contributed by atoms with E-state index in [0.717, 1.165) is 53.9 Å². The van der Waals surface area contributed by atoms with Crippen molar-refractivity contribution < 1.29 is 4.79 Å². The summed E-state index contributed by atoms with van der Waals surface area (Å²) < 4.78 is 0.983. The van der Waals surface area contributed by atoms with Crippen LogP contribution in [0.25, 0.3) is 0 Å². The number of halogens is 3. The molecule has 1 aliphatic heterocycles. The molecule has 3 N–H and O–H groups in total. The van der Waals surface area contributed by atoms with E-state index in [1.165, 1.54) is 5.56 Å². The van der Waals surface area contributed by atoms with Gasteiger partial charge >= 0.3 is 0 Å². The maximum Gasteiger partial charge on any atom is 0.240 e. The Morgan fingerprint density at radius 1 is 0.972 bits per heavy atom. The van der Waals surface area contributed by atoms with E-state index in [1.54, 1.807) is 12.1 Å². The number of nitrogens with zero attached hydrogens (tertiary/aromatic N) is 2. The standard InChI is InChI=1S/C28H31BrCl2N4O/c29-23-8-10-27-22(17-23)19-35(28(36)26(32)16-21-7-9-24(30)25(31)15-21)14-13-34(12-4-11-33-27)18-20-5-2-1-3-6-20/h1-3,5-10,15,17,26,33H,4,11-14,16,18-19,32H2/t26-/m0/s1. The number of carbonyl (C=O) groups is 1. The van der Waals surface area contributed by atoms with Gasteiger partial charge in [-0.25, -0.2) is 0 Å². The second kappa shape index (κ2) is 12.9. The number of anilines is 1. The first-order valence-electron chi connectivity index (χ1n) is 12.2. The molecule has 5 nitrogen and oxygen atoms in total. The Morgan fingerprint density at radius 2 is 1.78 bits per heavy atom. The summed E-state index contributed by atoms with van der Waals surface area (Å²) in [5.74, 6) is -0.0779. The van der Waals surface area contributed by atoms with E-state index >= 15 is 0 Å². The van der Waals surface area contributed by atoms with E-state index < -0.39 is 6.04 Å². The third-order valence-corrected chi connectivity index (χ3v) is 7.63. The van der Waals surface area contributed by atoms with Crippen molar-refractivity contribution in [3.05, 3.63) is 97.9 Å². The number of rotatable bonds is 5. The summed E-state index contributed by atoms with van der Waals surface area (Å²) in [5.41, 5.74) is 10.7. The molecular formula is C28H31BrCl2N4O. The highest BCUT2D eigenvalue weighted by atomic mass is 79.9. The number of benzene rings is 3. The smallest absolute Gasteiger partial charge is 0.240 e. The number of nitrogens with one attached hydrogen (secondary N) is 1. The molecule has 0 saturated carbocycles. The maximum atomic E-state index is 13.7. The second-order valence-corrected chi connectivity index (χ2v) is 10.9. The van der Waals surface area contributed by atoms with Crippen LogP contribution in [0.3, 0.4) is 0 Å². The Bertz CT molecular complexity index is 1180. The van der Waals surface area contributed by atoms with Gasteiger partial charge in [-0.1, -0.05) is 75.5 Å². The van der Waals surface area contributed by atoms with E-state index in [0.29, 0.717) is 29.6 Å². The van der Waals surface area contributed by atoms with E-state index in [-0.39, 0.29) is 5.91 Å².